The van der Waals surface area contributed by atoms with Gasteiger partial charge in [0.1, 0.15) is 35.6 Å². The van der Waals surface area contributed by atoms with E-state index in [4.69, 9.17) is 9.72 Å². The topological polar surface area (TPSA) is 94.8 Å². The number of aliphatic hydroxyl groups excluding tert-OH is 1. The molecular formula is C32H31F4N5O3. The van der Waals surface area contributed by atoms with Crippen LogP contribution in [0.25, 0.3) is 32.9 Å². The van der Waals surface area contributed by atoms with Crippen molar-refractivity contribution in [1.29, 1.82) is 0 Å². The molecule has 0 radical (unpaired) electrons. The van der Waals surface area contributed by atoms with E-state index in [9.17, 15) is 19.0 Å². The third-order valence-electron chi connectivity index (χ3n) is 10.1. The van der Waals surface area contributed by atoms with Gasteiger partial charge in [0.15, 0.2) is 17.5 Å². The van der Waals surface area contributed by atoms with Gasteiger partial charge in [-0.1, -0.05) is 6.07 Å². The number of hydrogen-bond acceptors (Lipinski definition) is 8. The molecule has 3 saturated heterocycles. The van der Waals surface area contributed by atoms with Crippen LogP contribution in [-0.2, 0) is 0 Å². The van der Waals surface area contributed by atoms with E-state index in [1.165, 1.54) is 18.3 Å². The number of hydrogen-bond donors (Lipinski definition) is 2. The van der Waals surface area contributed by atoms with E-state index < -0.39 is 35.3 Å². The van der Waals surface area contributed by atoms with Crippen molar-refractivity contribution in [3.8, 4) is 23.0 Å². The SMILES string of the molecule is Oc1cc(-c2ncc3c(N4C[C@@H]5C[C@H](C4)[C@H](O)C5)nc(OC[C@@]45CCCN4C[C@H](F)C5)nc3c2F)c2c(F)c(F)ccc2c1. The van der Waals surface area contributed by atoms with Crippen LogP contribution in [0.4, 0.5) is 23.4 Å². The second-order valence-corrected chi connectivity index (χ2v) is 12.9. The summed E-state index contributed by atoms with van der Waals surface area (Å²) in [5, 5.41) is 21.2. The van der Waals surface area contributed by atoms with Gasteiger partial charge in [-0.3, -0.25) is 9.88 Å². The summed E-state index contributed by atoms with van der Waals surface area (Å²) in [6.07, 6.45) is 3.65. The van der Waals surface area contributed by atoms with Crippen molar-refractivity contribution in [3.05, 3.63) is 47.9 Å². The summed E-state index contributed by atoms with van der Waals surface area (Å²) < 4.78 is 66.5. The fraction of sp³-hybridized carbons (Fsp3) is 0.469. The molecule has 4 aliphatic rings. The van der Waals surface area contributed by atoms with Crippen LogP contribution in [0.15, 0.2) is 30.5 Å². The zero-order chi connectivity index (χ0) is 30.3. The highest BCUT2D eigenvalue weighted by atomic mass is 19.2. The number of pyridine rings is 1. The number of aromatic hydroxyl groups is 1. The molecule has 12 heteroatoms. The molecular weight excluding hydrogens is 578 g/mol. The van der Waals surface area contributed by atoms with E-state index in [0.717, 1.165) is 37.9 Å². The van der Waals surface area contributed by atoms with Gasteiger partial charge in [-0.05, 0) is 61.7 Å². The van der Waals surface area contributed by atoms with E-state index in [2.05, 4.69) is 14.9 Å². The minimum absolute atomic E-state index is 0.0441. The average Bonchev–Trinajstić information content (AvgIpc) is 3.61. The van der Waals surface area contributed by atoms with Gasteiger partial charge in [-0.25, -0.2) is 17.6 Å². The van der Waals surface area contributed by atoms with Crippen molar-refractivity contribution >= 4 is 27.5 Å². The number of aromatic nitrogens is 3. The Morgan fingerprint density at radius 1 is 1.05 bits per heavy atom. The molecule has 2 aromatic heterocycles. The van der Waals surface area contributed by atoms with Crippen LogP contribution < -0.4 is 9.64 Å². The minimum atomic E-state index is -1.18. The molecule has 8 nitrogen and oxygen atoms in total. The quantitative estimate of drug-likeness (QED) is 0.301. The van der Waals surface area contributed by atoms with Crippen molar-refractivity contribution in [2.75, 3.05) is 37.7 Å². The van der Waals surface area contributed by atoms with Crippen LogP contribution in [0.2, 0.25) is 0 Å². The van der Waals surface area contributed by atoms with E-state index in [-0.39, 0.29) is 57.7 Å². The maximum atomic E-state index is 16.6. The van der Waals surface area contributed by atoms with Gasteiger partial charge in [-0.2, -0.15) is 9.97 Å². The first-order valence-corrected chi connectivity index (χ1v) is 15.1. The normalized spacial score (nSPS) is 28.3. The molecule has 230 valence electrons. The van der Waals surface area contributed by atoms with Gasteiger partial charge >= 0.3 is 6.01 Å². The molecule has 0 spiro atoms. The van der Waals surface area contributed by atoms with Crippen molar-refractivity contribution in [2.45, 2.75) is 49.9 Å². The standard InChI is InChI=1S/C32H31F4N5O3/c33-19-10-32(4-1-5-41(32)14-19)15-44-31-38-29-22(30(39-31)40-12-16-6-18(13-40)24(43)7-16)11-37-28(27(29)36)21-9-20(42)8-17-2-3-23(34)26(35)25(17)21/h2-3,8-9,11,16,18-19,24,42-43H,1,4-7,10,12-15H2/t16-,18-,19-,24-,32+/m1/s1. The van der Waals surface area contributed by atoms with Gasteiger partial charge in [0.25, 0.3) is 0 Å². The van der Waals surface area contributed by atoms with Crippen LogP contribution in [0.1, 0.15) is 32.1 Å². The van der Waals surface area contributed by atoms with Crippen LogP contribution in [0.5, 0.6) is 11.8 Å². The second kappa shape index (κ2) is 10.1. The number of anilines is 1. The zero-order valence-corrected chi connectivity index (χ0v) is 23.8. The summed E-state index contributed by atoms with van der Waals surface area (Å²) in [6.45, 7) is 2.39. The number of piperidine rings is 1. The van der Waals surface area contributed by atoms with Gasteiger partial charge in [-0.15, -0.1) is 0 Å². The number of aliphatic hydroxyl groups is 1. The Bertz CT molecular complexity index is 1810. The summed E-state index contributed by atoms with van der Waals surface area (Å²) in [7, 11) is 0. The van der Waals surface area contributed by atoms with Crippen LogP contribution in [0, 0.1) is 29.3 Å². The molecule has 4 fully saturated rings. The Morgan fingerprint density at radius 3 is 2.75 bits per heavy atom. The number of alkyl halides is 1. The molecule has 3 aliphatic heterocycles. The minimum Gasteiger partial charge on any atom is -0.508 e. The number of benzene rings is 2. The molecule has 8 rings (SSSR count). The predicted molar refractivity (Wildman–Crippen MR) is 155 cm³/mol. The predicted octanol–water partition coefficient (Wildman–Crippen LogP) is 5.13. The lowest BCUT2D eigenvalue weighted by molar-refractivity contribution is 0.107. The lowest BCUT2D eigenvalue weighted by Gasteiger charge is -2.34. The number of ether oxygens (including phenoxy) is 1. The van der Waals surface area contributed by atoms with Gasteiger partial charge < -0.3 is 19.8 Å². The molecule has 2 N–H and O–H groups in total. The number of halogens is 4. The van der Waals surface area contributed by atoms with E-state index in [1.807, 2.05) is 4.90 Å². The molecule has 1 saturated carbocycles. The molecule has 2 aromatic carbocycles. The first-order valence-electron chi connectivity index (χ1n) is 15.1. The summed E-state index contributed by atoms with van der Waals surface area (Å²) in [6, 6.07) is 4.58. The molecule has 5 heterocycles. The third kappa shape index (κ3) is 4.36. The van der Waals surface area contributed by atoms with Crippen molar-refractivity contribution in [2.24, 2.45) is 11.8 Å². The van der Waals surface area contributed by atoms with Crippen molar-refractivity contribution < 1.29 is 32.5 Å². The van der Waals surface area contributed by atoms with Crippen molar-refractivity contribution in [1.82, 2.24) is 19.9 Å². The number of rotatable bonds is 5. The molecule has 2 bridgehead atoms. The largest absolute Gasteiger partial charge is 0.508 e. The van der Waals surface area contributed by atoms with Gasteiger partial charge in [0, 0.05) is 49.1 Å². The summed E-state index contributed by atoms with van der Waals surface area (Å²) >= 11 is 0. The summed E-state index contributed by atoms with van der Waals surface area (Å²) in [4.78, 5) is 17.6. The summed E-state index contributed by atoms with van der Waals surface area (Å²) in [5.41, 5.74) is -1.05. The van der Waals surface area contributed by atoms with Gasteiger partial charge in [0.2, 0.25) is 0 Å². The Balaban J connectivity index is 1.26. The highest BCUT2D eigenvalue weighted by molar-refractivity contribution is 6.00. The number of fused-ring (bicyclic) bond motifs is 5. The molecule has 44 heavy (non-hydrogen) atoms. The second-order valence-electron chi connectivity index (χ2n) is 12.9. The van der Waals surface area contributed by atoms with Crippen LogP contribution in [-0.4, -0.2) is 80.7 Å². The van der Waals surface area contributed by atoms with E-state index in [0.29, 0.717) is 43.7 Å². The molecule has 0 amide bonds. The van der Waals surface area contributed by atoms with E-state index in [1.54, 1.807) is 0 Å². The van der Waals surface area contributed by atoms with Crippen LogP contribution >= 0.6 is 0 Å². The third-order valence-corrected chi connectivity index (χ3v) is 10.1. The smallest absolute Gasteiger partial charge is 0.319 e. The molecule has 1 aliphatic carbocycles. The summed E-state index contributed by atoms with van der Waals surface area (Å²) in [5.74, 6) is -2.78. The molecule has 5 atom stereocenters. The number of phenols is 1. The first kappa shape index (κ1) is 27.8. The average molecular weight is 610 g/mol. The maximum Gasteiger partial charge on any atom is 0.319 e. The highest BCUT2D eigenvalue weighted by Gasteiger charge is 2.49. The lowest BCUT2D eigenvalue weighted by atomic mass is 9.95. The number of nitrogens with zero attached hydrogens (tertiary/aromatic N) is 5. The maximum absolute atomic E-state index is 16.6. The fourth-order valence-corrected chi connectivity index (χ4v) is 8.13. The van der Waals surface area contributed by atoms with E-state index >= 15 is 8.78 Å². The van der Waals surface area contributed by atoms with Crippen LogP contribution in [0.3, 0.4) is 0 Å². The van der Waals surface area contributed by atoms with Gasteiger partial charge in [0.05, 0.1) is 17.0 Å². The zero-order valence-electron chi connectivity index (χ0n) is 23.8. The Kier molecular flexibility index (Phi) is 6.39. The fourth-order valence-electron chi connectivity index (χ4n) is 8.13. The Labute approximate surface area is 250 Å². The Morgan fingerprint density at radius 2 is 1.91 bits per heavy atom. The first-order chi connectivity index (χ1) is 21.2. The lowest BCUT2D eigenvalue weighted by Crippen LogP contribution is -2.43. The monoisotopic (exact) mass is 609 g/mol. The number of phenolic OH excluding ortho intramolecular Hbond substituents is 1. The molecule has 4 aromatic rings. The molecule has 0 unspecified atom stereocenters. The van der Waals surface area contributed by atoms with Crippen molar-refractivity contribution in [3.63, 3.8) is 0 Å². The highest BCUT2D eigenvalue weighted by Crippen LogP contribution is 2.43. The Hall–Kier alpha value is -3.77.